The standard InChI is InChI=1S/C23H24F3N7O7S2/c1-22(2,20(27)39)40-31-12(11-7-42-21(28)29-11)15(34)30-13-17(36)33-14(19(37)38)10(6-41-18(13)33)5-9-3-4-32(16(9)35)8-23(24,25)26/h5,7,13,18H,3-4,6,8H2,1-2H3,(H2,27,39)(H2,28,29)(H,30,34)(H,37,38)/b9-5?,31-12-/t13-,18-/m1/s1. The van der Waals surface area contributed by atoms with Crippen molar-refractivity contribution in [1.82, 2.24) is 20.1 Å². The van der Waals surface area contributed by atoms with E-state index < -0.39 is 70.7 Å². The van der Waals surface area contributed by atoms with E-state index in [0.717, 1.165) is 28.0 Å². The van der Waals surface area contributed by atoms with E-state index in [9.17, 15) is 42.3 Å². The van der Waals surface area contributed by atoms with Gasteiger partial charge in [0.05, 0.1) is 0 Å². The minimum absolute atomic E-state index is 0.00727. The number of alkyl halides is 3. The molecule has 2 saturated heterocycles. The number of rotatable bonds is 9. The summed E-state index contributed by atoms with van der Waals surface area (Å²) in [6.45, 7) is 1.02. The molecule has 4 rings (SSSR count). The van der Waals surface area contributed by atoms with Crippen molar-refractivity contribution in [2.45, 2.75) is 43.5 Å². The SMILES string of the molecule is CC(C)(O/N=C(\C(=O)N[C@@H]1C(=O)N2C(C(=O)O)=C(C=C3CCN(CC(F)(F)F)C3=O)CS[C@H]12)c1csc(N)n1)C(N)=O. The van der Waals surface area contributed by atoms with Crippen LogP contribution in [0.5, 0.6) is 0 Å². The number of primary amides is 1. The number of anilines is 1. The van der Waals surface area contributed by atoms with Crippen molar-refractivity contribution in [3.63, 3.8) is 0 Å². The molecule has 4 heterocycles. The Hall–Kier alpha value is -4.13. The number of carbonyl (C=O) groups is 5. The number of likely N-dealkylation sites (tertiary alicyclic amines) is 1. The zero-order chi connectivity index (χ0) is 31.1. The zero-order valence-corrected chi connectivity index (χ0v) is 23.6. The van der Waals surface area contributed by atoms with Crippen LogP contribution in [-0.2, 0) is 28.8 Å². The molecule has 0 aromatic carbocycles. The second-order valence-corrected chi connectivity index (χ2v) is 11.8. The second kappa shape index (κ2) is 11.3. The number of aromatic nitrogens is 1. The van der Waals surface area contributed by atoms with Gasteiger partial charge in [-0.2, -0.15) is 13.2 Å². The Labute approximate surface area is 243 Å². The molecular weight excluding hydrogens is 607 g/mol. The number of nitrogen functional groups attached to an aromatic ring is 1. The number of carboxylic acids is 1. The second-order valence-electron chi connectivity index (χ2n) is 9.78. The molecule has 1 aromatic rings. The number of thiazole rings is 1. The highest BCUT2D eigenvalue weighted by Gasteiger charge is 2.54. The van der Waals surface area contributed by atoms with Crippen LogP contribution in [0, 0.1) is 0 Å². The van der Waals surface area contributed by atoms with E-state index >= 15 is 0 Å². The van der Waals surface area contributed by atoms with Gasteiger partial charge in [0.25, 0.3) is 17.7 Å². The number of carboxylic acid groups (broad SMARTS) is 1. The van der Waals surface area contributed by atoms with Crippen LogP contribution in [0.15, 0.2) is 33.5 Å². The highest BCUT2D eigenvalue weighted by Crippen LogP contribution is 2.41. The van der Waals surface area contributed by atoms with E-state index in [0.29, 0.717) is 4.90 Å². The molecule has 19 heteroatoms. The summed E-state index contributed by atoms with van der Waals surface area (Å²) in [5, 5.41) is 16.7. The molecule has 2 atom stereocenters. The summed E-state index contributed by atoms with van der Waals surface area (Å²) in [5.41, 5.74) is 8.50. The normalized spacial score (nSPS) is 22.3. The van der Waals surface area contributed by atoms with E-state index in [1.165, 1.54) is 25.3 Å². The summed E-state index contributed by atoms with van der Waals surface area (Å²) in [4.78, 5) is 73.2. The van der Waals surface area contributed by atoms with Gasteiger partial charge in [-0.25, -0.2) is 9.78 Å². The number of thioether (sulfide) groups is 1. The molecule has 14 nitrogen and oxygen atoms in total. The van der Waals surface area contributed by atoms with Crippen LogP contribution in [0.2, 0.25) is 0 Å². The molecule has 3 aliphatic rings. The van der Waals surface area contributed by atoms with Gasteiger partial charge in [0.15, 0.2) is 10.8 Å². The summed E-state index contributed by atoms with van der Waals surface area (Å²) >= 11 is 2.06. The van der Waals surface area contributed by atoms with Gasteiger partial charge < -0.3 is 31.6 Å². The Morgan fingerprint density at radius 3 is 2.57 bits per heavy atom. The van der Waals surface area contributed by atoms with Crippen molar-refractivity contribution in [3.05, 3.63) is 34.0 Å². The van der Waals surface area contributed by atoms with E-state index in [4.69, 9.17) is 16.3 Å². The maximum atomic E-state index is 13.2. The van der Waals surface area contributed by atoms with Crippen LogP contribution < -0.4 is 16.8 Å². The van der Waals surface area contributed by atoms with Crippen LogP contribution in [0.25, 0.3) is 0 Å². The highest BCUT2D eigenvalue weighted by molar-refractivity contribution is 8.00. The van der Waals surface area contributed by atoms with Crippen LogP contribution in [0.4, 0.5) is 18.3 Å². The molecule has 0 bridgehead atoms. The van der Waals surface area contributed by atoms with Crippen LogP contribution in [-0.4, -0.2) is 97.2 Å². The number of nitrogens with two attached hydrogens (primary N) is 2. The van der Waals surface area contributed by atoms with Crippen LogP contribution in [0.1, 0.15) is 26.0 Å². The van der Waals surface area contributed by atoms with Crippen molar-refractivity contribution in [1.29, 1.82) is 0 Å². The molecule has 0 aliphatic carbocycles. The number of halogens is 3. The minimum atomic E-state index is -4.59. The third kappa shape index (κ3) is 6.20. The number of hydrogen-bond acceptors (Lipinski definition) is 11. The molecule has 0 radical (unpaired) electrons. The maximum absolute atomic E-state index is 13.2. The van der Waals surface area contributed by atoms with E-state index in [2.05, 4.69) is 15.5 Å². The average molecular weight is 632 g/mol. The first kappa shape index (κ1) is 30.8. The first-order valence-electron chi connectivity index (χ1n) is 12.1. The lowest BCUT2D eigenvalue weighted by Gasteiger charge is -2.49. The number of β-lactam (4-membered cyclic amide) rings is 1. The van der Waals surface area contributed by atoms with E-state index in [1.807, 2.05) is 0 Å². The zero-order valence-electron chi connectivity index (χ0n) is 21.9. The summed E-state index contributed by atoms with van der Waals surface area (Å²) in [7, 11) is 0. The average Bonchev–Trinajstić information content (AvgIpc) is 3.46. The number of amides is 4. The van der Waals surface area contributed by atoms with Gasteiger partial charge in [0.1, 0.15) is 29.4 Å². The first-order valence-corrected chi connectivity index (χ1v) is 14.0. The molecular formula is C23H24F3N7O7S2. The van der Waals surface area contributed by atoms with Gasteiger partial charge in [-0.05, 0) is 31.9 Å². The summed E-state index contributed by atoms with van der Waals surface area (Å²) in [6, 6.07) is -1.20. The largest absolute Gasteiger partial charge is 0.477 e. The van der Waals surface area contributed by atoms with Crippen molar-refractivity contribution in [2.75, 3.05) is 24.6 Å². The predicted molar refractivity (Wildman–Crippen MR) is 142 cm³/mol. The van der Waals surface area contributed by atoms with Gasteiger partial charge in [-0.3, -0.25) is 24.1 Å². The molecule has 0 unspecified atom stereocenters. The molecule has 0 spiro atoms. The van der Waals surface area contributed by atoms with Crippen molar-refractivity contribution >= 4 is 63.5 Å². The number of fused-ring (bicyclic) bond motifs is 1. The molecule has 3 aliphatic heterocycles. The Morgan fingerprint density at radius 1 is 1.31 bits per heavy atom. The third-order valence-electron chi connectivity index (χ3n) is 6.36. The topological polar surface area (TPSA) is 211 Å². The Bertz CT molecular complexity index is 1450. The van der Waals surface area contributed by atoms with Gasteiger partial charge in [-0.1, -0.05) is 5.16 Å². The Kier molecular flexibility index (Phi) is 8.27. The summed E-state index contributed by atoms with van der Waals surface area (Å²) in [5.74, 6) is -4.98. The Morgan fingerprint density at radius 2 is 2.00 bits per heavy atom. The molecule has 42 heavy (non-hydrogen) atoms. The number of aliphatic carboxylic acids is 1. The predicted octanol–water partition coefficient (Wildman–Crippen LogP) is 0.170. The number of oxime groups is 1. The number of hydrogen-bond donors (Lipinski definition) is 4. The smallest absolute Gasteiger partial charge is 0.406 e. The molecule has 2 fully saturated rings. The maximum Gasteiger partial charge on any atom is 0.406 e. The first-order chi connectivity index (χ1) is 19.5. The number of nitrogens with zero attached hydrogens (tertiary/aromatic N) is 4. The van der Waals surface area contributed by atoms with Gasteiger partial charge in [-0.15, -0.1) is 23.1 Å². The van der Waals surface area contributed by atoms with Crippen molar-refractivity contribution in [3.8, 4) is 0 Å². The fraction of sp³-hybridized carbons (Fsp3) is 0.435. The monoisotopic (exact) mass is 631 g/mol. The minimum Gasteiger partial charge on any atom is -0.477 e. The molecule has 0 saturated carbocycles. The highest BCUT2D eigenvalue weighted by atomic mass is 32.2. The number of carbonyl (C=O) groups excluding carboxylic acids is 4. The summed E-state index contributed by atoms with van der Waals surface area (Å²) in [6.07, 6.45) is -3.40. The lowest BCUT2D eigenvalue weighted by molar-refractivity contribution is -0.156. The Balaban J connectivity index is 1.55. The van der Waals surface area contributed by atoms with E-state index in [-0.39, 0.29) is 40.7 Å². The van der Waals surface area contributed by atoms with Crippen molar-refractivity contribution in [2.24, 2.45) is 10.9 Å². The fourth-order valence-corrected chi connectivity index (χ4v) is 6.00. The van der Waals surface area contributed by atoms with E-state index in [1.54, 1.807) is 0 Å². The van der Waals surface area contributed by atoms with Gasteiger partial charge in [0, 0.05) is 23.3 Å². The number of allylic oxidation sites excluding steroid dienone is 1. The quantitative estimate of drug-likeness (QED) is 0.126. The van der Waals surface area contributed by atoms with Crippen LogP contribution in [0.3, 0.4) is 0 Å². The lowest BCUT2D eigenvalue weighted by atomic mass is 10.0. The fourth-order valence-electron chi connectivity index (χ4n) is 4.15. The summed E-state index contributed by atoms with van der Waals surface area (Å²) < 4.78 is 38.3. The third-order valence-corrected chi connectivity index (χ3v) is 8.33. The van der Waals surface area contributed by atoms with Crippen LogP contribution >= 0.6 is 23.1 Å². The number of nitrogens with one attached hydrogen (secondary N) is 1. The van der Waals surface area contributed by atoms with Gasteiger partial charge >= 0.3 is 12.1 Å². The molecule has 4 amide bonds. The molecule has 6 N–H and O–H groups in total. The van der Waals surface area contributed by atoms with Crippen molar-refractivity contribution < 1.29 is 47.1 Å². The molecule has 1 aromatic heterocycles. The van der Waals surface area contributed by atoms with Gasteiger partial charge in [0.2, 0.25) is 11.5 Å². The molecule has 226 valence electrons. The lowest BCUT2D eigenvalue weighted by Crippen LogP contribution is -2.71.